The highest BCUT2D eigenvalue weighted by atomic mass is 16.5. The normalized spacial score (nSPS) is 17.0. The molecular formula is C22H25N5O2. The van der Waals surface area contributed by atoms with Crippen molar-refractivity contribution in [3.05, 3.63) is 65.8 Å². The maximum absolute atomic E-state index is 13.0. The third-order valence-electron chi connectivity index (χ3n) is 5.24. The number of nitrogens with one attached hydrogen (secondary N) is 1. The first kappa shape index (κ1) is 19.1. The number of carbonyl (C=O) groups excluding carboxylic acids is 1. The van der Waals surface area contributed by atoms with Crippen LogP contribution in [0.15, 0.2) is 53.3 Å². The minimum absolute atomic E-state index is 0.0962. The van der Waals surface area contributed by atoms with Gasteiger partial charge in [-0.15, -0.1) is 0 Å². The molecule has 1 saturated heterocycles. The summed E-state index contributed by atoms with van der Waals surface area (Å²) < 4.78 is 5.57. The molecule has 0 aliphatic carbocycles. The molecule has 0 bridgehead atoms. The van der Waals surface area contributed by atoms with Crippen molar-refractivity contribution < 1.29 is 9.32 Å². The number of rotatable bonds is 4. The van der Waals surface area contributed by atoms with Crippen molar-refractivity contribution in [1.29, 1.82) is 0 Å². The standard InChI is InChI=1S/C22H25N5O2/c1-16-6-8-17(9-7-16)15-24-22(28)27-14-4-2-3-5-19(27)21-25-20(26-29-21)18-10-12-23-13-11-18/h6-13,19H,2-5,14-15H2,1H3,(H,24,28). The molecule has 3 heterocycles. The van der Waals surface area contributed by atoms with Crippen LogP contribution in [0.2, 0.25) is 0 Å². The Labute approximate surface area is 170 Å². The van der Waals surface area contributed by atoms with Crippen LogP contribution in [0, 0.1) is 6.92 Å². The fourth-order valence-electron chi connectivity index (χ4n) is 3.58. The van der Waals surface area contributed by atoms with Gasteiger partial charge in [-0.05, 0) is 37.5 Å². The third-order valence-corrected chi connectivity index (χ3v) is 5.24. The average Bonchev–Trinajstić information content (AvgIpc) is 3.11. The molecule has 7 nitrogen and oxygen atoms in total. The lowest BCUT2D eigenvalue weighted by Crippen LogP contribution is -2.42. The second kappa shape index (κ2) is 8.86. The molecule has 7 heteroatoms. The lowest BCUT2D eigenvalue weighted by Gasteiger charge is -2.27. The quantitative estimate of drug-likeness (QED) is 0.718. The van der Waals surface area contributed by atoms with Crippen LogP contribution < -0.4 is 5.32 Å². The molecule has 1 aliphatic heterocycles. The third kappa shape index (κ3) is 4.62. The SMILES string of the molecule is Cc1ccc(CNC(=O)N2CCCCCC2c2nc(-c3ccncc3)no2)cc1. The van der Waals surface area contributed by atoms with Gasteiger partial charge >= 0.3 is 6.03 Å². The molecule has 2 aromatic heterocycles. The highest BCUT2D eigenvalue weighted by Gasteiger charge is 2.31. The summed E-state index contributed by atoms with van der Waals surface area (Å²) in [6, 6.07) is 11.6. The highest BCUT2D eigenvalue weighted by Crippen LogP contribution is 2.30. The van der Waals surface area contributed by atoms with E-state index in [-0.39, 0.29) is 12.1 Å². The van der Waals surface area contributed by atoms with E-state index in [4.69, 9.17) is 4.52 Å². The number of nitrogens with zero attached hydrogens (tertiary/aromatic N) is 4. The Hall–Kier alpha value is -3.22. The number of aryl methyl sites for hydroxylation is 1. The summed E-state index contributed by atoms with van der Waals surface area (Å²) in [6.45, 7) is 3.22. The summed E-state index contributed by atoms with van der Waals surface area (Å²) in [5.41, 5.74) is 3.13. The second-order valence-corrected chi connectivity index (χ2v) is 7.39. The van der Waals surface area contributed by atoms with Gasteiger partial charge in [0.25, 0.3) is 0 Å². The van der Waals surface area contributed by atoms with Gasteiger partial charge in [0.2, 0.25) is 11.7 Å². The van der Waals surface area contributed by atoms with Crippen molar-refractivity contribution in [2.75, 3.05) is 6.54 Å². The zero-order valence-electron chi connectivity index (χ0n) is 16.5. The van der Waals surface area contributed by atoms with E-state index in [9.17, 15) is 4.79 Å². The Morgan fingerprint density at radius 1 is 1.14 bits per heavy atom. The first-order valence-corrected chi connectivity index (χ1v) is 10.0. The summed E-state index contributed by atoms with van der Waals surface area (Å²) in [4.78, 5) is 23.4. The van der Waals surface area contributed by atoms with E-state index in [0.29, 0.717) is 24.8 Å². The van der Waals surface area contributed by atoms with Gasteiger partial charge in [-0.2, -0.15) is 4.98 Å². The van der Waals surface area contributed by atoms with Gasteiger partial charge in [-0.25, -0.2) is 4.79 Å². The van der Waals surface area contributed by atoms with Gasteiger partial charge in [-0.3, -0.25) is 4.98 Å². The Balaban J connectivity index is 1.49. The van der Waals surface area contributed by atoms with Crippen molar-refractivity contribution in [2.45, 2.75) is 45.2 Å². The Bertz CT molecular complexity index is 939. The number of carbonyl (C=O) groups is 1. The molecule has 29 heavy (non-hydrogen) atoms. The number of likely N-dealkylation sites (tertiary alicyclic amines) is 1. The van der Waals surface area contributed by atoms with Gasteiger partial charge in [0.15, 0.2) is 0 Å². The molecular weight excluding hydrogens is 366 g/mol. The number of amides is 2. The van der Waals surface area contributed by atoms with Crippen LogP contribution >= 0.6 is 0 Å². The molecule has 2 amide bonds. The van der Waals surface area contributed by atoms with Gasteiger partial charge in [0.1, 0.15) is 6.04 Å². The molecule has 0 spiro atoms. The lowest BCUT2D eigenvalue weighted by atomic mass is 10.1. The summed E-state index contributed by atoms with van der Waals surface area (Å²) in [6.07, 6.45) is 7.29. The molecule has 3 aromatic rings. The molecule has 4 rings (SSSR count). The molecule has 1 aromatic carbocycles. The zero-order chi connectivity index (χ0) is 20.1. The zero-order valence-corrected chi connectivity index (χ0v) is 16.5. The van der Waals surface area contributed by atoms with Crippen molar-refractivity contribution in [1.82, 2.24) is 25.3 Å². The Morgan fingerprint density at radius 3 is 2.72 bits per heavy atom. The van der Waals surface area contributed by atoms with E-state index in [0.717, 1.165) is 36.8 Å². The summed E-state index contributed by atoms with van der Waals surface area (Å²) in [5.74, 6) is 1.01. The molecule has 0 saturated carbocycles. The fraction of sp³-hybridized carbons (Fsp3) is 0.364. The highest BCUT2D eigenvalue weighted by molar-refractivity contribution is 5.74. The molecule has 1 N–H and O–H groups in total. The number of benzene rings is 1. The smallest absolute Gasteiger partial charge is 0.318 e. The minimum Gasteiger partial charge on any atom is -0.337 e. The molecule has 0 radical (unpaired) electrons. The van der Waals surface area contributed by atoms with Crippen LogP contribution in [0.25, 0.3) is 11.4 Å². The van der Waals surface area contributed by atoms with E-state index in [2.05, 4.69) is 39.5 Å². The lowest BCUT2D eigenvalue weighted by molar-refractivity contribution is 0.158. The number of hydrogen-bond donors (Lipinski definition) is 1. The predicted molar refractivity (Wildman–Crippen MR) is 109 cm³/mol. The maximum atomic E-state index is 13.0. The van der Waals surface area contributed by atoms with Gasteiger partial charge in [0, 0.05) is 31.0 Å². The maximum Gasteiger partial charge on any atom is 0.318 e. The van der Waals surface area contributed by atoms with E-state index in [1.807, 2.05) is 29.2 Å². The largest absolute Gasteiger partial charge is 0.337 e. The summed E-state index contributed by atoms with van der Waals surface area (Å²) >= 11 is 0. The number of pyridine rings is 1. The monoisotopic (exact) mass is 391 g/mol. The average molecular weight is 391 g/mol. The van der Waals surface area contributed by atoms with Crippen LogP contribution in [0.4, 0.5) is 4.79 Å². The Morgan fingerprint density at radius 2 is 1.93 bits per heavy atom. The molecule has 150 valence electrons. The van der Waals surface area contributed by atoms with Crippen LogP contribution in [0.1, 0.15) is 48.7 Å². The summed E-state index contributed by atoms with van der Waals surface area (Å²) in [7, 11) is 0. The van der Waals surface area contributed by atoms with Crippen molar-refractivity contribution in [3.63, 3.8) is 0 Å². The number of hydrogen-bond acceptors (Lipinski definition) is 5. The fourth-order valence-corrected chi connectivity index (χ4v) is 3.58. The molecule has 1 aliphatic rings. The topological polar surface area (TPSA) is 84.2 Å². The van der Waals surface area contributed by atoms with Crippen LogP contribution in [-0.2, 0) is 6.54 Å². The van der Waals surface area contributed by atoms with Gasteiger partial charge < -0.3 is 14.7 Å². The van der Waals surface area contributed by atoms with E-state index in [1.54, 1.807) is 12.4 Å². The van der Waals surface area contributed by atoms with Crippen molar-refractivity contribution >= 4 is 6.03 Å². The molecule has 1 unspecified atom stereocenters. The predicted octanol–water partition coefficient (Wildman–Crippen LogP) is 4.27. The van der Waals surface area contributed by atoms with Crippen LogP contribution in [0.3, 0.4) is 0 Å². The van der Waals surface area contributed by atoms with Crippen LogP contribution in [0.5, 0.6) is 0 Å². The summed E-state index contributed by atoms with van der Waals surface area (Å²) in [5, 5.41) is 7.16. The van der Waals surface area contributed by atoms with E-state index >= 15 is 0 Å². The molecule has 1 atom stereocenters. The Kier molecular flexibility index (Phi) is 5.84. The van der Waals surface area contributed by atoms with E-state index < -0.39 is 0 Å². The minimum atomic E-state index is -0.210. The molecule has 1 fully saturated rings. The second-order valence-electron chi connectivity index (χ2n) is 7.39. The van der Waals surface area contributed by atoms with E-state index in [1.165, 1.54) is 5.56 Å². The van der Waals surface area contributed by atoms with Gasteiger partial charge in [-0.1, -0.05) is 47.8 Å². The van der Waals surface area contributed by atoms with Crippen molar-refractivity contribution in [2.24, 2.45) is 0 Å². The first-order valence-electron chi connectivity index (χ1n) is 10.0. The van der Waals surface area contributed by atoms with Gasteiger partial charge in [0.05, 0.1) is 0 Å². The van der Waals surface area contributed by atoms with Crippen molar-refractivity contribution in [3.8, 4) is 11.4 Å². The van der Waals surface area contributed by atoms with Crippen LogP contribution in [-0.4, -0.2) is 32.6 Å². The number of urea groups is 1. The first-order chi connectivity index (χ1) is 14.2. The number of aromatic nitrogens is 3.